The van der Waals surface area contributed by atoms with E-state index < -0.39 is 0 Å². The molecule has 1 saturated heterocycles. The van der Waals surface area contributed by atoms with Gasteiger partial charge < -0.3 is 10.1 Å². The monoisotopic (exact) mass is 288 g/mol. The molecule has 1 atom stereocenters. The maximum atomic E-state index is 5.56. The lowest BCUT2D eigenvalue weighted by Gasteiger charge is -2.31. The third-order valence-corrected chi connectivity index (χ3v) is 4.65. The third-order valence-electron chi connectivity index (χ3n) is 4.65. The van der Waals surface area contributed by atoms with Gasteiger partial charge in [0.1, 0.15) is 5.75 Å². The molecule has 0 amide bonds. The largest absolute Gasteiger partial charge is 0.496 e. The lowest BCUT2D eigenvalue weighted by atomic mass is 9.99. The third kappa shape index (κ3) is 4.21. The molecule has 1 N–H and O–H groups in total. The zero-order valence-electron chi connectivity index (χ0n) is 13.4. The zero-order chi connectivity index (χ0) is 14.7. The van der Waals surface area contributed by atoms with Crippen LogP contribution in [0.15, 0.2) is 18.2 Å². The SMILES string of the molecule is COc1ccc(CNC2CC2)cc1CN1CCCC(C)C1. The fourth-order valence-corrected chi connectivity index (χ4v) is 3.29. The summed E-state index contributed by atoms with van der Waals surface area (Å²) in [6, 6.07) is 7.41. The Balaban J connectivity index is 1.66. The number of ether oxygens (including phenoxy) is 1. The number of benzene rings is 1. The summed E-state index contributed by atoms with van der Waals surface area (Å²) >= 11 is 0. The predicted octanol–water partition coefficient (Wildman–Crippen LogP) is 3.18. The van der Waals surface area contributed by atoms with Gasteiger partial charge in [-0.15, -0.1) is 0 Å². The van der Waals surface area contributed by atoms with Gasteiger partial charge in [-0.2, -0.15) is 0 Å². The van der Waals surface area contributed by atoms with Crippen molar-refractivity contribution in [3.8, 4) is 5.75 Å². The van der Waals surface area contributed by atoms with Crippen LogP contribution in [-0.2, 0) is 13.1 Å². The van der Waals surface area contributed by atoms with Gasteiger partial charge in [-0.3, -0.25) is 4.90 Å². The number of rotatable bonds is 6. The Hall–Kier alpha value is -1.06. The van der Waals surface area contributed by atoms with Crippen LogP contribution in [0.25, 0.3) is 0 Å². The van der Waals surface area contributed by atoms with Gasteiger partial charge in [-0.25, -0.2) is 0 Å². The standard InChI is InChI=1S/C18H28N2O/c1-14-4-3-9-20(12-14)13-16-10-15(5-8-18(16)21-2)11-19-17-6-7-17/h5,8,10,14,17,19H,3-4,6-7,9,11-13H2,1-2H3. The van der Waals surface area contributed by atoms with Crippen molar-refractivity contribution in [2.45, 2.75) is 51.7 Å². The molecule has 3 nitrogen and oxygen atoms in total. The minimum absolute atomic E-state index is 0.762. The molecule has 1 aromatic carbocycles. The Kier molecular flexibility index (Phi) is 4.81. The molecule has 1 aromatic rings. The van der Waals surface area contributed by atoms with Gasteiger partial charge in [0.05, 0.1) is 7.11 Å². The van der Waals surface area contributed by atoms with Crippen molar-refractivity contribution in [3.05, 3.63) is 29.3 Å². The first-order chi connectivity index (χ1) is 10.2. The molecule has 2 fully saturated rings. The van der Waals surface area contributed by atoms with Crippen molar-refractivity contribution < 1.29 is 4.74 Å². The molecule has 1 aliphatic carbocycles. The van der Waals surface area contributed by atoms with E-state index in [-0.39, 0.29) is 0 Å². The summed E-state index contributed by atoms with van der Waals surface area (Å²) in [6.07, 6.45) is 5.38. The highest BCUT2D eigenvalue weighted by molar-refractivity contribution is 5.37. The summed E-state index contributed by atoms with van der Waals surface area (Å²) in [4.78, 5) is 2.57. The van der Waals surface area contributed by atoms with Crippen LogP contribution in [0.5, 0.6) is 5.75 Å². The highest BCUT2D eigenvalue weighted by Gasteiger charge is 2.21. The number of piperidine rings is 1. The van der Waals surface area contributed by atoms with Gasteiger partial charge >= 0.3 is 0 Å². The molecule has 0 radical (unpaired) electrons. The van der Waals surface area contributed by atoms with E-state index in [9.17, 15) is 0 Å². The number of likely N-dealkylation sites (tertiary alicyclic amines) is 1. The van der Waals surface area contributed by atoms with E-state index in [4.69, 9.17) is 4.74 Å². The van der Waals surface area contributed by atoms with E-state index in [0.29, 0.717) is 0 Å². The van der Waals surface area contributed by atoms with Crippen LogP contribution in [0.1, 0.15) is 43.7 Å². The fraction of sp³-hybridized carbons (Fsp3) is 0.667. The summed E-state index contributed by atoms with van der Waals surface area (Å²) in [7, 11) is 1.78. The van der Waals surface area contributed by atoms with Crippen LogP contribution in [0.3, 0.4) is 0 Å². The molecule has 3 heteroatoms. The quantitative estimate of drug-likeness (QED) is 0.870. The van der Waals surface area contributed by atoms with E-state index in [1.165, 1.54) is 49.9 Å². The first-order valence-electron chi connectivity index (χ1n) is 8.36. The second kappa shape index (κ2) is 6.80. The van der Waals surface area contributed by atoms with Gasteiger partial charge in [0.2, 0.25) is 0 Å². The van der Waals surface area contributed by atoms with E-state index in [1.54, 1.807) is 7.11 Å². The van der Waals surface area contributed by atoms with Crippen molar-refractivity contribution >= 4 is 0 Å². The van der Waals surface area contributed by atoms with Gasteiger partial charge in [-0.1, -0.05) is 13.0 Å². The molecular weight excluding hydrogens is 260 g/mol. The Labute approximate surface area is 128 Å². The lowest BCUT2D eigenvalue weighted by Crippen LogP contribution is -2.33. The van der Waals surface area contributed by atoms with Crippen LogP contribution >= 0.6 is 0 Å². The smallest absolute Gasteiger partial charge is 0.123 e. The first kappa shape index (κ1) is 14.9. The number of hydrogen-bond acceptors (Lipinski definition) is 3. The second-order valence-corrected chi connectivity index (χ2v) is 6.78. The molecular formula is C18H28N2O. The molecule has 2 aliphatic rings. The van der Waals surface area contributed by atoms with Gasteiger partial charge in [-0.05, 0) is 55.8 Å². The Bertz CT molecular complexity index is 470. The highest BCUT2D eigenvalue weighted by Crippen LogP contribution is 2.25. The minimum Gasteiger partial charge on any atom is -0.496 e. The minimum atomic E-state index is 0.762. The maximum absolute atomic E-state index is 5.56. The molecule has 1 saturated carbocycles. The van der Waals surface area contributed by atoms with E-state index in [1.807, 2.05) is 0 Å². The van der Waals surface area contributed by atoms with Crippen molar-refractivity contribution in [1.29, 1.82) is 0 Å². The van der Waals surface area contributed by atoms with Crippen LogP contribution in [-0.4, -0.2) is 31.1 Å². The molecule has 0 aromatic heterocycles. The summed E-state index contributed by atoms with van der Waals surface area (Å²) in [6.45, 7) is 6.80. The average molecular weight is 288 g/mol. The first-order valence-corrected chi connectivity index (χ1v) is 8.36. The number of hydrogen-bond donors (Lipinski definition) is 1. The van der Waals surface area contributed by atoms with Gasteiger partial charge in [0.15, 0.2) is 0 Å². The Morgan fingerprint density at radius 1 is 1.29 bits per heavy atom. The Morgan fingerprint density at radius 2 is 2.14 bits per heavy atom. The van der Waals surface area contributed by atoms with Crippen molar-refractivity contribution in [2.75, 3.05) is 20.2 Å². The van der Waals surface area contributed by atoms with Crippen LogP contribution in [0.4, 0.5) is 0 Å². The predicted molar refractivity (Wildman–Crippen MR) is 86.5 cm³/mol. The molecule has 1 aliphatic heterocycles. The zero-order valence-corrected chi connectivity index (χ0v) is 13.4. The van der Waals surface area contributed by atoms with Crippen molar-refractivity contribution in [2.24, 2.45) is 5.92 Å². The van der Waals surface area contributed by atoms with Crippen molar-refractivity contribution in [3.63, 3.8) is 0 Å². The average Bonchev–Trinajstić information content (AvgIpc) is 3.30. The molecule has 116 valence electrons. The van der Waals surface area contributed by atoms with Crippen LogP contribution in [0, 0.1) is 5.92 Å². The topological polar surface area (TPSA) is 24.5 Å². The van der Waals surface area contributed by atoms with E-state index >= 15 is 0 Å². The summed E-state index contributed by atoms with van der Waals surface area (Å²) in [5.41, 5.74) is 2.71. The Morgan fingerprint density at radius 3 is 2.86 bits per heavy atom. The van der Waals surface area contributed by atoms with E-state index in [2.05, 4.69) is 35.3 Å². The van der Waals surface area contributed by atoms with Gasteiger partial charge in [0.25, 0.3) is 0 Å². The highest BCUT2D eigenvalue weighted by atomic mass is 16.5. The number of nitrogens with one attached hydrogen (secondary N) is 1. The van der Waals surface area contributed by atoms with Crippen LogP contribution in [0.2, 0.25) is 0 Å². The normalized spacial score (nSPS) is 23.2. The van der Waals surface area contributed by atoms with Gasteiger partial charge in [0, 0.05) is 31.2 Å². The fourth-order valence-electron chi connectivity index (χ4n) is 3.29. The molecule has 1 heterocycles. The molecule has 21 heavy (non-hydrogen) atoms. The lowest BCUT2D eigenvalue weighted by molar-refractivity contribution is 0.175. The summed E-state index contributed by atoms with van der Waals surface area (Å²) in [5, 5.41) is 3.59. The maximum Gasteiger partial charge on any atom is 0.123 e. The van der Waals surface area contributed by atoms with Crippen LogP contribution < -0.4 is 10.1 Å². The number of nitrogens with zero attached hydrogens (tertiary/aromatic N) is 1. The van der Waals surface area contributed by atoms with E-state index in [0.717, 1.165) is 30.8 Å². The molecule has 3 rings (SSSR count). The second-order valence-electron chi connectivity index (χ2n) is 6.78. The summed E-state index contributed by atoms with van der Waals surface area (Å²) < 4.78 is 5.56. The summed E-state index contributed by atoms with van der Waals surface area (Å²) in [5.74, 6) is 1.85. The molecule has 1 unspecified atom stereocenters. The number of methoxy groups -OCH3 is 1. The molecule has 0 bridgehead atoms. The van der Waals surface area contributed by atoms with Crippen molar-refractivity contribution in [1.82, 2.24) is 10.2 Å². The molecule has 0 spiro atoms.